The zero-order chi connectivity index (χ0) is 24.1. The normalized spacial score (nSPS) is 18.4. The lowest BCUT2D eigenvalue weighted by Crippen LogP contribution is -2.41. The summed E-state index contributed by atoms with van der Waals surface area (Å²) in [6.07, 6.45) is 3.63. The standard InChI is InChI=1S/C29H33N3O2/c1-19-21(14-16-28(30)31-19)13-15-27(33)20(2)32-29(34)26-12-11-25(18-26)24-10-6-9-23(17-24)22-7-4-3-5-8-22/h3-10,14,16-17,20,25-26H,11-13,15,18H2,1-2H3,(H2,30,31)(H,32,34)/t20-,25+,26+/m0/s1. The highest BCUT2D eigenvalue weighted by Gasteiger charge is 2.32. The number of Topliss-reactive ketones (excluding diaryl/α,β-unsaturated/α-hetero) is 1. The number of aromatic nitrogens is 1. The number of nitrogens with two attached hydrogens (primary N) is 1. The van der Waals surface area contributed by atoms with Crippen molar-refractivity contribution in [2.75, 3.05) is 5.73 Å². The van der Waals surface area contributed by atoms with Crippen LogP contribution in [0.5, 0.6) is 0 Å². The van der Waals surface area contributed by atoms with Gasteiger partial charge in [0, 0.05) is 18.0 Å². The van der Waals surface area contributed by atoms with E-state index in [2.05, 4.69) is 46.7 Å². The molecule has 3 N–H and O–H groups in total. The summed E-state index contributed by atoms with van der Waals surface area (Å²) in [5.41, 5.74) is 11.3. The summed E-state index contributed by atoms with van der Waals surface area (Å²) >= 11 is 0. The molecular weight excluding hydrogens is 422 g/mol. The number of rotatable bonds is 8. The highest BCUT2D eigenvalue weighted by atomic mass is 16.2. The maximum Gasteiger partial charge on any atom is 0.223 e. The molecule has 2 aromatic carbocycles. The molecule has 0 spiro atoms. The molecule has 5 nitrogen and oxygen atoms in total. The summed E-state index contributed by atoms with van der Waals surface area (Å²) in [6.45, 7) is 3.68. The van der Waals surface area contributed by atoms with Gasteiger partial charge in [0.1, 0.15) is 5.82 Å². The van der Waals surface area contributed by atoms with Crippen LogP contribution in [-0.2, 0) is 16.0 Å². The highest BCUT2D eigenvalue weighted by Crippen LogP contribution is 2.39. The van der Waals surface area contributed by atoms with Gasteiger partial charge in [-0.3, -0.25) is 9.59 Å². The molecule has 0 saturated heterocycles. The second-order valence-electron chi connectivity index (χ2n) is 9.38. The average Bonchev–Trinajstić information content (AvgIpc) is 3.34. The van der Waals surface area contributed by atoms with Gasteiger partial charge >= 0.3 is 0 Å². The molecule has 3 atom stereocenters. The summed E-state index contributed by atoms with van der Waals surface area (Å²) in [5.74, 6) is 0.827. The SMILES string of the molecule is Cc1nc(N)ccc1CCC(=O)[C@H](C)NC(=O)[C@@H]1CC[C@@H](c2cccc(-c3ccccc3)c2)C1. The molecule has 0 radical (unpaired) electrons. The number of nitrogens with one attached hydrogen (secondary N) is 1. The zero-order valence-electron chi connectivity index (χ0n) is 20.0. The number of pyridine rings is 1. The van der Waals surface area contributed by atoms with E-state index < -0.39 is 6.04 Å². The summed E-state index contributed by atoms with van der Waals surface area (Å²) in [7, 11) is 0. The molecule has 1 aliphatic carbocycles. The lowest BCUT2D eigenvalue weighted by molar-refractivity contribution is -0.129. The number of carbonyl (C=O) groups excluding carboxylic acids is 2. The van der Waals surface area contributed by atoms with E-state index in [0.29, 0.717) is 24.6 Å². The number of ketones is 1. The first kappa shape index (κ1) is 23.7. The quantitative estimate of drug-likeness (QED) is 0.487. The van der Waals surface area contributed by atoms with Crippen molar-refractivity contribution in [3.8, 4) is 11.1 Å². The highest BCUT2D eigenvalue weighted by molar-refractivity contribution is 5.89. The zero-order valence-corrected chi connectivity index (χ0v) is 20.0. The first-order valence-electron chi connectivity index (χ1n) is 12.1. The fraction of sp³-hybridized carbons (Fsp3) is 0.345. The Morgan fingerprint density at radius 1 is 1.03 bits per heavy atom. The Morgan fingerprint density at radius 3 is 2.56 bits per heavy atom. The van der Waals surface area contributed by atoms with Crippen LogP contribution in [0.25, 0.3) is 11.1 Å². The molecule has 1 saturated carbocycles. The van der Waals surface area contributed by atoms with Crippen LogP contribution < -0.4 is 11.1 Å². The fourth-order valence-electron chi connectivity index (χ4n) is 4.88. The molecule has 0 bridgehead atoms. The Kier molecular flexibility index (Phi) is 7.41. The fourth-order valence-corrected chi connectivity index (χ4v) is 4.88. The molecule has 4 rings (SSSR count). The van der Waals surface area contributed by atoms with Crippen molar-refractivity contribution < 1.29 is 9.59 Å². The molecule has 3 aromatic rings. The maximum atomic E-state index is 12.9. The van der Waals surface area contributed by atoms with Gasteiger partial charge in [-0.15, -0.1) is 0 Å². The van der Waals surface area contributed by atoms with Gasteiger partial charge < -0.3 is 11.1 Å². The van der Waals surface area contributed by atoms with E-state index >= 15 is 0 Å². The minimum atomic E-state index is -0.491. The minimum Gasteiger partial charge on any atom is -0.384 e. The van der Waals surface area contributed by atoms with Crippen molar-refractivity contribution in [1.29, 1.82) is 0 Å². The topological polar surface area (TPSA) is 85.1 Å². The van der Waals surface area contributed by atoms with Gasteiger partial charge in [0.05, 0.1) is 6.04 Å². The van der Waals surface area contributed by atoms with Crippen LogP contribution in [0.3, 0.4) is 0 Å². The van der Waals surface area contributed by atoms with Gasteiger partial charge in [-0.2, -0.15) is 0 Å². The van der Waals surface area contributed by atoms with Crippen LogP contribution in [0.2, 0.25) is 0 Å². The number of nitrogens with zero attached hydrogens (tertiary/aromatic N) is 1. The Bertz CT molecular complexity index is 1160. The van der Waals surface area contributed by atoms with Crippen molar-refractivity contribution in [3.05, 3.63) is 83.6 Å². The van der Waals surface area contributed by atoms with E-state index in [-0.39, 0.29) is 17.6 Å². The Hall–Kier alpha value is -3.47. The summed E-state index contributed by atoms with van der Waals surface area (Å²) < 4.78 is 0. The number of amides is 1. The molecule has 0 unspecified atom stereocenters. The van der Waals surface area contributed by atoms with E-state index in [1.807, 2.05) is 31.2 Å². The van der Waals surface area contributed by atoms with Crippen molar-refractivity contribution in [3.63, 3.8) is 0 Å². The van der Waals surface area contributed by atoms with Crippen LogP contribution >= 0.6 is 0 Å². The van der Waals surface area contributed by atoms with E-state index in [1.165, 1.54) is 16.7 Å². The Balaban J connectivity index is 1.30. The number of benzene rings is 2. The summed E-state index contributed by atoms with van der Waals surface area (Å²) in [5, 5.41) is 2.97. The second kappa shape index (κ2) is 10.6. The van der Waals surface area contributed by atoms with Crippen LogP contribution in [0, 0.1) is 12.8 Å². The van der Waals surface area contributed by atoms with Crippen LogP contribution in [0.15, 0.2) is 66.7 Å². The Labute approximate surface area is 201 Å². The first-order valence-corrected chi connectivity index (χ1v) is 12.1. The molecule has 1 aliphatic rings. The largest absolute Gasteiger partial charge is 0.384 e. The smallest absolute Gasteiger partial charge is 0.223 e. The van der Waals surface area contributed by atoms with Gasteiger partial charge in [0.25, 0.3) is 0 Å². The summed E-state index contributed by atoms with van der Waals surface area (Å²) in [6, 6.07) is 22.2. The van der Waals surface area contributed by atoms with E-state index in [0.717, 1.165) is 30.5 Å². The monoisotopic (exact) mass is 455 g/mol. The molecule has 176 valence electrons. The third kappa shape index (κ3) is 5.71. The van der Waals surface area contributed by atoms with Crippen LogP contribution in [0.4, 0.5) is 5.82 Å². The average molecular weight is 456 g/mol. The number of hydrogen-bond donors (Lipinski definition) is 2. The van der Waals surface area contributed by atoms with Gasteiger partial charge in [-0.25, -0.2) is 4.98 Å². The molecular formula is C29H33N3O2. The number of carbonyl (C=O) groups is 2. The lowest BCUT2D eigenvalue weighted by atomic mass is 9.93. The third-order valence-electron chi connectivity index (χ3n) is 6.97. The molecule has 1 heterocycles. The van der Waals surface area contributed by atoms with E-state index in [4.69, 9.17) is 5.73 Å². The van der Waals surface area contributed by atoms with E-state index in [9.17, 15) is 9.59 Å². The molecule has 1 aromatic heterocycles. The predicted molar refractivity (Wildman–Crippen MR) is 136 cm³/mol. The molecule has 0 aliphatic heterocycles. The summed E-state index contributed by atoms with van der Waals surface area (Å²) in [4.78, 5) is 29.8. The molecule has 1 amide bonds. The van der Waals surface area contributed by atoms with Crippen LogP contribution in [0.1, 0.15) is 55.3 Å². The Morgan fingerprint density at radius 2 is 1.79 bits per heavy atom. The number of aryl methyl sites for hydroxylation is 2. The molecule has 5 heteroatoms. The van der Waals surface area contributed by atoms with Gasteiger partial charge in [0.2, 0.25) is 5.91 Å². The minimum absolute atomic E-state index is 0.00658. The maximum absolute atomic E-state index is 12.9. The molecule has 34 heavy (non-hydrogen) atoms. The van der Waals surface area contributed by atoms with Crippen molar-refractivity contribution in [2.45, 2.75) is 57.9 Å². The van der Waals surface area contributed by atoms with Crippen molar-refractivity contribution in [1.82, 2.24) is 10.3 Å². The third-order valence-corrected chi connectivity index (χ3v) is 6.97. The van der Waals surface area contributed by atoms with Crippen LogP contribution in [-0.4, -0.2) is 22.7 Å². The molecule has 1 fully saturated rings. The first-order chi connectivity index (χ1) is 16.4. The second-order valence-corrected chi connectivity index (χ2v) is 9.38. The van der Waals surface area contributed by atoms with Gasteiger partial charge in [-0.1, -0.05) is 60.7 Å². The van der Waals surface area contributed by atoms with Crippen molar-refractivity contribution in [2.24, 2.45) is 5.92 Å². The lowest BCUT2D eigenvalue weighted by Gasteiger charge is -2.17. The van der Waals surface area contributed by atoms with E-state index in [1.54, 1.807) is 13.0 Å². The van der Waals surface area contributed by atoms with Crippen molar-refractivity contribution >= 4 is 17.5 Å². The van der Waals surface area contributed by atoms with Gasteiger partial charge in [-0.05, 0) is 73.8 Å². The van der Waals surface area contributed by atoms with Gasteiger partial charge in [0.15, 0.2) is 5.78 Å². The number of anilines is 1. The number of hydrogen-bond acceptors (Lipinski definition) is 4. The number of nitrogen functional groups attached to an aromatic ring is 1. The predicted octanol–water partition coefficient (Wildman–Crippen LogP) is 5.23.